The topological polar surface area (TPSA) is 92.8 Å². The molecule has 4 N–H and O–H groups in total. The summed E-state index contributed by atoms with van der Waals surface area (Å²) in [5, 5.41) is 18.1. The number of primary amides is 1. The van der Waals surface area contributed by atoms with Gasteiger partial charge in [0.25, 0.3) is 0 Å². The van der Waals surface area contributed by atoms with E-state index in [2.05, 4.69) is 4.74 Å². The van der Waals surface area contributed by atoms with Crippen LogP contribution in [0.2, 0.25) is 0 Å². The van der Waals surface area contributed by atoms with Gasteiger partial charge in [-0.1, -0.05) is 0 Å². The van der Waals surface area contributed by atoms with E-state index in [1.807, 2.05) is 0 Å². The van der Waals surface area contributed by atoms with Crippen LogP contribution in [0.3, 0.4) is 0 Å². The van der Waals surface area contributed by atoms with E-state index in [1.54, 1.807) is 0 Å². The van der Waals surface area contributed by atoms with Gasteiger partial charge in [-0.3, -0.25) is 0 Å². The Labute approximate surface area is 74.4 Å². The Morgan fingerprint density at radius 1 is 1.31 bits per heavy atom. The normalized spacial score (nSPS) is 9.54. The Balaban J connectivity index is 2.71. The Morgan fingerprint density at radius 3 is 2.31 bits per heavy atom. The first kappa shape index (κ1) is 9.18. The lowest BCUT2D eigenvalue weighted by atomic mass is 10.2. The molecule has 0 saturated carbocycles. The van der Waals surface area contributed by atoms with E-state index in [-0.39, 0.29) is 18.1 Å². The van der Waals surface area contributed by atoms with E-state index < -0.39 is 6.09 Å². The number of rotatable bonds is 2. The van der Waals surface area contributed by atoms with E-state index in [4.69, 9.17) is 15.9 Å². The third kappa shape index (κ3) is 2.90. The molecule has 70 valence electrons. The number of benzene rings is 1. The number of ether oxygens (including phenoxy) is 1. The fourth-order valence-corrected chi connectivity index (χ4v) is 0.894. The first-order valence-electron chi connectivity index (χ1n) is 3.52. The van der Waals surface area contributed by atoms with Crippen LogP contribution in [0.5, 0.6) is 11.5 Å². The molecule has 1 aromatic carbocycles. The van der Waals surface area contributed by atoms with Crippen molar-refractivity contribution >= 4 is 6.09 Å². The summed E-state index contributed by atoms with van der Waals surface area (Å²) in [6.07, 6.45) is -0.900. The Hall–Kier alpha value is -1.91. The maximum absolute atomic E-state index is 10.2. The molecule has 1 aromatic rings. The standard InChI is InChI=1S/C8H9NO4/c9-8(12)13-4-5-1-6(10)3-7(11)2-5/h1-3,10-11H,4H2,(H2,9,12). The lowest BCUT2D eigenvalue weighted by Crippen LogP contribution is -2.12. The first-order chi connectivity index (χ1) is 6.08. The van der Waals surface area contributed by atoms with Crippen molar-refractivity contribution in [2.75, 3.05) is 0 Å². The van der Waals surface area contributed by atoms with Crippen molar-refractivity contribution in [1.29, 1.82) is 0 Å². The highest BCUT2D eigenvalue weighted by molar-refractivity contribution is 5.64. The molecule has 0 heterocycles. The average molecular weight is 183 g/mol. The van der Waals surface area contributed by atoms with Gasteiger partial charge in [-0.05, 0) is 17.7 Å². The molecule has 0 unspecified atom stereocenters. The summed E-state index contributed by atoms with van der Waals surface area (Å²) in [4.78, 5) is 10.2. The van der Waals surface area contributed by atoms with E-state index in [1.165, 1.54) is 18.2 Å². The van der Waals surface area contributed by atoms with Crippen molar-refractivity contribution in [3.05, 3.63) is 23.8 Å². The molecule has 1 amide bonds. The van der Waals surface area contributed by atoms with Gasteiger partial charge in [0.1, 0.15) is 18.1 Å². The molecule has 0 aliphatic heterocycles. The summed E-state index contributed by atoms with van der Waals surface area (Å²) in [7, 11) is 0. The second-order valence-corrected chi connectivity index (χ2v) is 2.47. The molecular formula is C8H9NO4. The quantitative estimate of drug-likeness (QED) is 0.628. The zero-order valence-corrected chi connectivity index (χ0v) is 6.73. The predicted molar refractivity (Wildman–Crippen MR) is 44.1 cm³/mol. The smallest absolute Gasteiger partial charge is 0.404 e. The molecule has 0 spiro atoms. The molecular weight excluding hydrogens is 174 g/mol. The van der Waals surface area contributed by atoms with Crippen molar-refractivity contribution < 1.29 is 19.7 Å². The minimum absolute atomic E-state index is 0.0721. The summed E-state index contributed by atoms with van der Waals surface area (Å²) in [5.41, 5.74) is 5.20. The largest absolute Gasteiger partial charge is 0.508 e. The van der Waals surface area contributed by atoms with Gasteiger partial charge in [0, 0.05) is 6.07 Å². The van der Waals surface area contributed by atoms with E-state index in [0.717, 1.165) is 0 Å². The summed E-state index contributed by atoms with van der Waals surface area (Å²) in [6.45, 7) is -0.0721. The van der Waals surface area contributed by atoms with Gasteiger partial charge in [0.05, 0.1) is 0 Å². The molecule has 5 heteroatoms. The number of phenolic OH excluding ortho intramolecular Hbond substituents is 2. The van der Waals surface area contributed by atoms with Crippen molar-refractivity contribution in [3.63, 3.8) is 0 Å². The molecule has 0 radical (unpaired) electrons. The number of carbonyl (C=O) groups is 1. The lowest BCUT2D eigenvalue weighted by molar-refractivity contribution is 0.150. The second-order valence-electron chi connectivity index (χ2n) is 2.47. The number of phenols is 2. The molecule has 0 aromatic heterocycles. The van der Waals surface area contributed by atoms with E-state index in [0.29, 0.717) is 5.56 Å². The molecule has 0 bridgehead atoms. The van der Waals surface area contributed by atoms with Gasteiger partial charge in [-0.2, -0.15) is 0 Å². The van der Waals surface area contributed by atoms with Gasteiger partial charge >= 0.3 is 6.09 Å². The molecule has 13 heavy (non-hydrogen) atoms. The minimum atomic E-state index is -0.900. The van der Waals surface area contributed by atoms with Gasteiger partial charge < -0.3 is 20.7 Å². The second kappa shape index (κ2) is 3.66. The zero-order valence-electron chi connectivity index (χ0n) is 6.73. The van der Waals surface area contributed by atoms with E-state index in [9.17, 15) is 4.79 Å². The molecule has 1 rings (SSSR count). The third-order valence-corrected chi connectivity index (χ3v) is 1.34. The van der Waals surface area contributed by atoms with Crippen molar-refractivity contribution in [2.45, 2.75) is 6.61 Å². The van der Waals surface area contributed by atoms with Crippen LogP contribution in [0.4, 0.5) is 4.79 Å². The Bertz CT molecular complexity index is 304. The van der Waals surface area contributed by atoms with Gasteiger partial charge in [-0.25, -0.2) is 4.79 Å². The first-order valence-corrected chi connectivity index (χ1v) is 3.52. The van der Waals surface area contributed by atoms with Crippen LogP contribution in [-0.2, 0) is 11.3 Å². The fraction of sp³-hybridized carbons (Fsp3) is 0.125. The molecule has 0 aliphatic carbocycles. The number of carbonyl (C=O) groups excluding carboxylic acids is 1. The molecule has 0 saturated heterocycles. The maximum atomic E-state index is 10.2. The number of nitrogens with two attached hydrogens (primary N) is 1. The minimum Gasteiger partial charge on any atom is -0.508 e. The number of hydrogen-bond acceptors (Lipinski definition) is 4. The maximum Gasteiger partial charge on any atom is 0.404 e. The average Bonchev–Trinajstić information content (AvgIpc) is 1.99. The molecule has 0 aliphatic rings. The van der Waals surface area contributed by atoms with Crippen molar-refractivity contribution in [1.82, 2.24) is 0 Å². The van der Waals surface area contributed by atoms with Gasteiger partial charge in [-0.15, -0.1) is 0 Å². The summed E-state index contributed by atoms with van der Waals surface area (Å²) in [5.74, 6) is -0.189. The van der Waals surface area contributed by atoms with Crippen LogP contribution < -0.4 is 5.73 Å². The van der Waals surface area contributed by atoms with Crippen LogP contribution >= 0.6 is 0 Å². The molecule has 0 atom stereocenters. The Morgan fingerprint density at radius 2 is 1.85 bits per heavy atom. The molecule has 5 nitrogen and oxygen atoms in total. The van der Waals surface area contributed by atoms with E-state index >= 15 is 0 Å². The summed E-state index contributed by atoms with van der Waals surface area (Å²) < 4.78 is 4.45. The third-order valence-electron chi connectivity index (χ3n) is 1.34. The monoisotopic (exact) mass is 183 g/mol. The zero-order chi connectivity index (χ0) is 9.84. The van der Waals surface area contributed by atoms with Crippen LogP contribution in [-0.4, -0.2) is 16.3 Å². The fourth-order valence-electron chi connectivity index (χ4n) is 0.894. The van der Waals surface area contributed by atoms with Crippen LogP contribution in [0.25, 0.3) is 0 Å². The number of hydrogen-bond donors (Lipinski definition) is 3. The Kier molecular flexibility index (Phi) is 2.59. The van der Waals surface area contributed by atoms with Crippen LogP contribution in [0.1, 0.15) is 5.56 Å². The summed E-state index contributed by atoms with van der Waals surface area (Å²) in [6, 6.07) is 3.90. The number of amides is 1. The highest BCUT2D eigenvalue weighted by Gasteiger charge is 2.00. The SMILES string of the molecule is NC(=O)OCc1cc(O)cc(O)c1. The predicted octanol–water partition coefficient (Wildman–Crippen LogP) is 0.693. The van der Waals surface area contributed by atoms with Crippen LogP contribution in [0, 0.1) is 0 Å². The van der Waals surface area contributed by atoms with Crippen molar-refractivity contribution in [3.8, 4) is 11.5 Å². The highest BCUT2D eigenvalue weighted by Crippen LogP contribution is 2.20. The van der Waals surface area contributed by atoms with Gasteiger partial charge in [0.15, 0.2) is 0 Å². The van der Waals surface area contributed by atoms with Gasteiger partial charge in [0.2, 0.25) is 0 Å². The highest BCUT2D eigenvalue weighted by atomic mass is 16.5. The summed E-state index contributed by atoms with van der Waals surface area (Å²) >= 11 is 0. The lowest BCUT2D eigenvalue weighted by Gasteiger charge is -2.02. The molecule has 0 fully saturated rings. The van der Waals surface area contributed by atoms with Crippen LogP contribution in [0.15, 0.2) is 18.2 Å². The van der Waals surface area contributed by atoms with Crippen molar-refractivity contribution in [2.24, 2.45) is 5.73 Å². The number of aromatic hydroxyl groups is 2.